The molecule has 0 radical (unpaired) electrons. The monoisotopic (exact) mass is 263 g/mol. The molecule has 102 valence electrons. The van der Waals surface area contributed by atoms with Gasteiger partial charge in [0.25, 0.3) is 0 Å². The lowest BCUT2D eigenvalue weighted by molar-refractivity contribution is -0.376. The van der Waals surface area contributed by atoms with Crippen molar-refractivity contribution < 1.29 is 14.4 Å². The Morgan fingerprint density at radius 3 is 2.32 bits per heavy atom. The van der Waals surface area contributed by atoms with Crippen molar-refractivity contribution in [1.29, 1.82) is 0 Å². The van der Waals surface area contributed by atoms with Gasteiger partial charge in [0.1, 0.15) is 0 Å². The molecular weight excluding hydrogens is 246 g/mol. The summed E-state index contributed by atoms with van der Waals surface area (Å²) in [6.07, 6.45) is 6.54. The smallest absolute Gasteiger partial charge is 0.310 e. The van der Waals surface area contributed by atoms with E-state index < -0.39 is 4.92 Å². The number of hydrogen-bond acceptors (Lipinski definition) is 4. The van der Waals surface area contributed by atoms with Crippen molar-refractivity contribution in [2.75, 3.05) is 7.11 Å². The van der Waals surface area contributed by atoms with Crippen LogP contribution in [0.2, 0.25) is 0 Å². The summed E-state index contributed by atoms with van der Waals surface area (Å²) in [4.78, 5) is 10.1. The fourth-order valence-electron chi connectivity index (χ4n) is 2.23. The van der Waals surface area contributed by atoms with Gasteiger partial charge in [-0.3, -0.25) is 10.1 Å². The summed E-state index contributed by atoms with van der Waals surface area (Å²) in [7, 11) is 1.38. The molecule has 1 saturated carbocycles. The Hall–Kier alpha value is -1.88. The van der Waals surface area contributed by atoms with E-state index in [9.17, 15) is 10.1 Å². The summed E-state index contributed by atoms with van der Waals surface area (Å²) in [5.41, 5.74) is 0.498. The van der Waals surface area contributed by atoms with Crippen molar-refractivity contribution in [3.05, 3.63) is 52.3 Å². The van der Waals surface area contributed by atoms with Crippen LogP contribution in [0.15, 0.2) is 36.6 Å². The van der Waals surface area contributed by atoms with Crippen LogP contribution in [0, 0.1) is 10.1 Å². The average molecular weight is 263 g/mol. The quantitative estimate of drug-likeness (QED) is 0.478. The maximum atomic E-state index is 10.5. The van der Waals surface area contributed by atoms with Crippen LogP contribution in [0.3, 0.4) is 0 Å². The Morgan fingerprint density at radius 1 is 1.37 bits per heavy atom. The third kappa shape index (κ3) is 3.54. The summed E-state index contributed by atoms with van der Waals surface area (Å²) >= 11 is 0. The number of nitro groups is 1. The highest BCUT2D eigenvalue weighted by Crippen LogP contribution is 2.36. The van der Waals surface area contributed by atoms with Gasteiger partial charge in [-0.2, -0.15) is 0 Å². The molecule has 1 aliphatic carbocycles. The molecule has 1 aromatic carbocycles. The second-order valence-corrected chi connectivity index (χ2v) is 4.56. The molecule has 2 atom stereocenters. The van der Waals surface area contributed by atoms with Crippen molar-refractivity contribution in [1.82, 2.24) is 0 Å². The fourth-order valence-corrected chi connectivity index (χ4v) is 2.23. The highest BCUT2D eigenvalue weighted by atomic mass is 16.6. The molecule has 5 heteroatoms. The molecule has 0 spiro atoms. The number of methoxy groups -OCH3 is 1. The fraction of sp³-hybridized carbons (Fsp3) is 0.429. The Morgan fingerprint density at radius 2 is 1.95 bits per heavy atom. The van der Waals surface area contributed by atoms with Crippen LogP contribution in [-0.4, -0.2) is 24.2 Å². The number of nitrogens with zero attached hydrogens (tertiary/aromatic N) is 1. The van der Waals surface area contributed by atoms with E-state index in [0.717, 1.165) is 6.26 Å². The van der Waals surface area contributed by atoms with Crippen LogP contribution in [0.1, 0.15) is 24.8 Å². The van der Waals surface area contributed by atoms with Gasteiger partial charge in [0.05, 0.1) is 29.8 Å². The minimum atomic E-state index is -0.473. The Labute approximate surface area is 112 Å². The van der Waals surface area contributed by atoms with Gasteiger partial charge in [0.2, 0.25) is 0 Å². The summed E-state index contributed by atoms with van der Waals surface area (Å²) in [5, 5.41) is 10.5. The number of rotatable bonds is 3. The van der Waals surface area contributed by atoms with Crippen molar-refractivity contribution in [3.8, 4) is 0 Å². The molecule has 19 heavy (non-hydrogen) atoms. The predicted molar refractivity (Wildman–Crippen MR) is 70.9 cm³/mol. The van der Waals surface area contributed by atoms with Gasteiger partial charge in [-0.25, -0.2) is 0 Å². The molecule has 2 saturated heterocycles. The lowest BCUT2D eigenvalue weighted by Crippen LogP contribution is -2.25. The van der Waals surface area contributed by atoms with E-state index >= 15 is 0 Å². The zero-order chi connectivity index (χ0) is 13.7. The largest absolute Gasteiger partial charge is 0.497 e. The standard InChI is InChI=1S/C9H9NO3.C5H8O/c1-13-7-9(10(11)12)8-5-3-2-4-6-8;1-2-5-3-4(1)6-5/h2-7H,1H3;4-5H,1-3H2. The second kappa shape index (κ2) is 6.33. The molecule has 5 nitrogen and oxygen atoms in total. The first-order valence-corrected chi connectivity index (χ1v) is 6.29. The maximum absolute atomic E-state index is 10.5. The van der Waals surface area contributed by atoms with Gasteiger partial charge in [-0.05, 0) is 31.4 Å². The van der Waals surface area contributed by atoms with Gasteiger partial charge < -0.3 is 9.47 Å². The second-order valence-electron chi connectivity index (χ2n) is 4.56. The molecule has 3 fully saturated rings. The number of benzene rings is 1. The molecule has 0 N–H and O–H groups in total. The van der Waals surface area contributed by atoms with Crippen LogP contribution in [0.4, 0.5) is 0 Å². The molecule has 0 aromatic heterocycles. The number of hydrogen-bond donors (Lipinski definition) is 0. The van der Waals surface area contributed by atoms with E-state index in [4.69, 9.17) is 4.74 Å². The van der Waals surface area contributed by atoms with Gasteiger partial charge in [0.15, 0.2) is 6.26 Å². The first-order valence-electron chi connectivity index (χ1n) is 6.29. The van der Waals surface area contributed by atoms with Gasteiger partial charge in [0, 0.05) is 0 Å². The van der Waals surface area contributed by atoms with E-state index in [0.29, 0.717) is 17.8 Å². The van der Waals surface area contributed by atoms with Crippen LogP contribution in [0.5, 0.6) is 0 Å². The van der Waals surface area contributed by atoms with E-state index in [1.807, 2.05) is 0 Å². The van der Waals surface area contributed by atoms with Crippen LogP contribution in [0.25, 0.3) is 5.70 Å². The SMILES string of the molecule is C1CC2CC1O2.COC=C(c1ccccc1)[N+](=O)[O-]. The van der Waals surface area contributed by atoms with E-state index in [-0.39, 0.29) is 5.70 Å². The third-order valence-electron chi connectivity index (χ3n) is 3.22. The van der Waals surface area contributed by atoms with E-state index in [1.54, 1.807) is 30.3 Å². The third-order valence-corrected chi connectivity index (χ3v) is 3.22. The zero-order valence-corrected chi connectivity index (χ0v) is 10.8. The van der Waals surface area contributed by atoms with Crippen LogP contribution >= 0.6 is 0 Å². The van der Waals surface area contributed by atoms with Crippen LogP contribution in [-0.2, 0) is 9.47 Å². The molecule has 4 rings (SSSR count). The maximum Gasteiger partial charge on any atom is 0.310 e. The molecule has 2 heterocycles. The highest BCUT2D eigenvalue weighted by molar-refractivity contribution is 5.57. The summed E-state index contributed by atoms with van der Waals surface area (Å²) in [5.74, 6) is 0. The van der Waals surface area contributed by atoms with Gasteiger partial charge in [-0.1, -0.05) is 18.2 Å². The first kappa shape index (κ1) is 13.5. The molecular formula is C14H17NO4. The first-order chi connectivity index (χ1) is 9.20. The minimum absolute atomic E-state index is 0.0388. The van der Waals surface area contributed by atoms with Crippen molar-refractivity contribution in [3.63, 3.8) is 0 Å². The number of ether oxygens (including phenoxy) is 2. The molecule has 0 amide bonds. The zero-order valence-electron chi connectivity index (χ0n) is 10.8. The topological polar surface area (TPSA) is 61.6 Å². The molecule has 2 aliphatic heterocycles. The lowest BCUT2D eigenvalue weighted by atomic mass is 10.2. The van der Waals surface area contributed by atoms with Gasteiger partial charge >= 0.3 is 5.70 Å². The highest BCUT2D eigenvalue weighted by Gasteiger charge is 2.36. The molecule has 3 aliphatic rings. The summed E-state index contributed by atoms with van der Waals surface area (Å²) in [6, 6.07) is 8.60. The van der Waals surface area contributed by atoms with E-state index in [2.05, 4.69) is 4.74 Å². The summed E-state index contributed by atoms with van der Waals surface area (Å²) < 4.78 is 9.87. The van der Waals surface area contributed by atoms with Crippen molar-refractivity contribution in [2.24, 2.45) is 0 Å². The minimum Gasteiger partial charge on any atom is -0.497 e. The normalized spacial score (nSPS) is 23.9. The summed E-state index contributed by atoms with van der Waals surface area (Å²) in [6.45, 7) is 0. The number of fused-ring (bicyclic) bond motifs is 1. The Balaban J connectivity index is 0.000000180. The molecule has 2 bridgehead atoms. The predicted octanol–water partition coefficient (Wildman–Crippen LogP) is 2.85. The van der Waals surface area contributed by atoms with Crippen LogP contribution < -0.4 is 0 Å². The van der Waals surface area contributed by atoms with Crippen molar-refractivity contribution >= 4 is 5.70 Å². The Kier molecular flexibility index (Phi) is 4.52. The molecule has 2 unspecified atom stereocenters. The van der Waals surface area contributed by atoms with E-state index in [1.165, 1.54) is 26.4 Å². The van der Waals surface area contributed by atoms with Gasteiger partial charge in [-0.15, -0.1) is 0 Å². The van der Waals surface area contributed by atoms with Crippen molar-refractivity contribution in [2.45, 2.75) is 31.5 Å². The Bertz CT molecular complexity index is 438. The lowest BCUT2D eigenvalue weighted by Gasteiger charge is -2.23. The average Bonchev–Trinajstić information content (AvgIpc) is 3.01. The molecule has 1 aromatic rings.